The monoisotopic (exact) mass is 369 g/mol. The molecular weight excluding hydrogens is 346 g/mol. The Kier molecular flexibility index (Phi) is 6.26. The highest BCUT2D eigenvalue weighted by Crippen LogP contribution is 2.19. The summed E-state index contributed by atoms with van der Waals surface area (Å²) in [4.78, 5) is 25.3. The number of carboxylic acid groups (broad SMARTS) is 1. The van der Waals surface area contributed by atoms with Crippen LogP contribution in [0.25, 0.3) is 0 Å². The number of piperazine rings is 1. The van der Waals surface area contributed by atoms with Crippen LogP contribution in [0.1, 0.15) is 32.4 Å². The minimum Gasteiger partial charge on any atom is -0.480 e. The van der Waals surface area contributed by atoms with E-state index in [4.69, 9.17) is 16.3 Å². The summed E-state index contributed by atoms with van der Waals surface area (Å²) in [6.45, 7) is 7.40. The van der Waals surface area contributed by atoms with E-state index in [0.717, 1.165) is 0 Å². The van der Waals surface area contributed by atoms with Crippen molar-refractivity contribution < 1.29 is 19.4 Å². The summed E-state index contributed by atoms with van der Waals surface area (Å²) >= 11 is 5.95. The van der Waals surface area contributed by atoms with Crippen LogP contribution in [0.5, 0.6) is 0 Å². The Labute approximate surface area is 152 Å². The lowest BCUT2D eigenvalue weighted by Crippen LogP contribution is -2.55. The third-order valence-corrected chi connectivity index (χ3v) is 3.91. The molecule has 1 heterocycles. The van der Waals surface area contributed by atoms with Gasteiger partial charge in [-0.05, 0) is 38.5 Å². The maximum atomic E-state index is 12.1. The zero-order chi connectivity index (χ0) is 18.6. The van der Waals surface area contributed by atoms with Gasteiger partial charge in [-0.15, -0.1) is 0 Å². The highest BCUT2D eigenvalue weighted by Gasteiger charge is 2.28. The van der Waals surface area contributed by atoms with E-state index in [1.165, 1.54) is 0 Å². The Morgan fingerprint density at radius 3 is 2.40 bits per heavy atom. The summed E-state index contributed by atoms with van der Waals surface area (Å²) in [5, 5.41) is 11.8. The van der Waals surface area contributed by atoms with Gasteiger partial charge >= 0.3 is 12.1 Å². The molecule has 0 aliphatic carbocycles. The van der Waals surface area contributed by atoms with E-state index in [0.29, 0.717) is 36.8 Å². The number of halogens is 1. The zero-order valence-corrected chi connectivity index (χ0v) is 15.4. The van der Waals surface area contributed by atoms with Crippen molar-refractivity contribution in [3.8, 4) is 0 Å². The van der Waals surface area contributed by atoms with Gasteiger partial charge in [0, 0.05) is 31.2 Å². The van der Waals surface area contributed by atoms with Crippen molar-refractivity contribution in [2.75, 3.05) is 26.2 Å². The van der Waals surface area contributed by atoms with Crippen molar-refractivity contribution in [3.63, 3.8) is 0 Å². The predicted molar refractivity (Wildman–Crippen MR) is 94.3 cm³/mol. The van der Waals surface area contributed by atoms with Crippen LogP contribution >= 0.6 is 11.6 Å². The normalized spacial score (nSPS) is 17.2. The summed E-state index contributed by atoms with van der Waals surface area (Å²) in [5.74, 6) is -0.989. The quantitative estimate of drug-likeness (QED) is 0.848. The van der Waals surface area contributed by atoms with Gasteiger partial charge < -0.3 is 14.7 Å². The lowest BCUT2D eigenvalue weighted by molar-refractivity contribution is -0.141. The van der Waals surface area contributed by atoms with E-state index < -0.39 is 17.6 Å². The van der Waals surface area contributed by atoms with Crippen LogP contribution in [0.15, 0.2) is 24.3 Å². The number of rotatable bonds is 4. The molecule has 0 aromatic heterocycles. The summed E-state index contributed by atoms with van der Waals surface area (Å²) in [7, 11) is 0. The number of nitrogens with zero attached hydrogens (tertiary/aromatic N) is 2. The largest absolute Gasteiger partial charge is 0.480 e. The van der Waals surface area contributed by atoms with Crippen LogP contribution in [0.3, 0.4) is 0 Å². The number of carboxylic acids is 1. The number of carbonyl (C=O) groups is 2. The highest BCUT2D eigenvalue weighted by atomic mass is 35.5. The molecule has 138 valence electrons. The second-order valence-corrected chi connectivity index (χ2v) is 7.35. The van der Waals surface area contributed by atoms with Crippen molar-refractivity contribution in [3.05, 3.63) is 34.9 Å². The molecule has 2 rings (SSSR count). The molecule has 0 radical (unpaired) electrons. The first-order valence-corrected chi connectivity index (χ1v) is 8.51. The van der Waals surface area contributed by atoms with Gasteiger partial charge in [0.1, 0.15) is 11.6 Å². The highest BCUT2D eigenvalue weighted by molar-refractivity contribution is 6.30. The van der Waals surface area contributed by atoms with E-state index in [2.05, 4.69) is 5.43 Å². The molecule has 1 atom stereocenters. The van der Waals surface area contributed by atoms with Crippen LogP contribution < -0.4 is 5.43 Å². The van der Waals surface area contributed by atoms with Gasteiger partial charge in [-0.3, -0.25) is 4.79 Å². The Hall–Kier alpha value is -1.83. The third kappa shape index (κ3) is 5.88. The Balaban J connectivity index is 1.93. The van der Waals surface area contributed by atoms with Crippen LogP contribution in [-0.4, -0.2) is 58.9 Å². The van der Waals surface area contributed by atoms with E-state index in [1.54, 1.807) is 34.2 Å². The van der Waals surface area contributed by atoms with E-state index in [-0.39, 0.29) is 6.09 Å². The second kappa shape index (κ2) is 8.03. The first-order valence-electron chi connectivity index (χ1n) is 8.13. The number of benzene rings is 1. The molecule has 0 saturated carbocycles. The number of hydrogen-bond acceptors (Lipinski definition) is 5. The minimum absolute atomic E-state index is 0.350. The number of aliphatic carboxylic acids is 1. The topological polar surface area (TPSA) is 82.1 Å². The zero-order valence-electron chi connectivity index (χ0n) is 14.7. The van der Waals surface area contributed by atoms with Crippen molar-refractivity contribution >= 4 is 23.7 Å². The molecule has 1 aromatic rings. The molecule has 2 N–H and O–H groups in total. The fourth-order valence-electron chi connectivity index (χ4n) is 2.49. The summed E-state index contributed by atoms with van der Waals surface area (Å²) in [5.41, 5.74) is 3.05. The van der Waals surface area contributed by atoms with E-state index >= 15 is 0 Å². The first-order chi connectivity index (χ1) is 11.7. The summed E-state index contributed by atoms with van der Waals surface area (Å²) in [6.07, 6.45) is -0.350. The number of nitrogens with one attached hydrogen (secondary N) is 1. The maximum absolute atomic E-state index is 12.1. The van der Waals surface area contributed by atoms with Crippen molar-refractivity contribution in [2.45, 2.75) is 32.4 Å². The molecule has 7 nitrogen and oxygen atoms in total. The van der Waals surface area contributed by atoms with Crippen LogP contribution in [0.2, 0.25) is 5.02 Å². The van der Waals surface area contributed by atoms with Gasteiger partial charge in [0.15, 0.2) is 0 Å². The average Bonchev–Trinajstić information content (AvgIpc) is 2.51. The smallest absolute Gasteiger partial charge is 0.410 e. The van der Waals surface area contributed by atoms with Gasteiger partial charge in [0.2, 0.25) is 0 Å². The lowest BCUT2D eigenvalue weighted by Gasteiger charge is -2.36. The molecule has 0 spiro atoms. The fraction of sp³-hybridized carbons (Fsp3) is 0.529. The lowest BCUT2D eigenvalue weighted by atomic mass is 10.1. The number of hydrazine groups is 1. The molecule has 1 aliphatic rings. The van der Waals surface area contributed by atoms with Crippen LogP contribution in [-0.2, 0) is 9.53 Å². The first kappa shape index (κ1) is 19.5. The van der Waals surface area contributed by atoms with Gasteiger partial charge in [-0.25, -0.2) is 15.2 Å². The van der Waals surface area contributed by atoms with E-state index in [9.17, 15) is 14.7 Å². The molecule has 1 amide bonds. The van der Waals surface area contributed by atoms with Gasteiger partial charge in [0.25, 0.3) is 0 Å². The van der Waals surface area contributed by atoms with Crippen LogP contribution in [0, 0.1) is 0 Å². The minimum atomic E-state index is -0.989. The Morgan fingerprint density at radius 2 is 1.88 bits per heavy atom. The van der Waals surface area contributed by atoms with Gasteiger partial charge in [0.05, 0.1) is 0 Å². The molecule has 1 unspecified atom stereocenters. The SMILES string of the molecule is CC(C)(C)OC(=O)N1CCN(NC(C(=O)O)c2cccc(Cl)c2)CC1. The summed E-state index contributed by atoms with van der Waals surface area (Å²) in [6, 6.07) is 5.87. The standard InChI is InChI=1S/C17H24ClN3O4/c1-17(2,3)25-16(24)20-7-9-21(10-8-20)19-14(15(22)23)12-5-4-6-13(18)11-12/h4-6,11,14,19H,7-10H2,1-3H3,(H,22,23). The van der Waals surface area contributed by atoms with Gasteiger partial charge in [-0.1, -0.05) is 23.7 Å². The van der Waals surface area contributed by atoms with Crippen LogP contribution in [0.4, 0.5) is 4.79 Å². The molecular formula is C17H24ClN3O4. The van der Waals surface area contributed by atoms with Crippen molar-refractivity contribution in [1.29, 1.82) is 0 Å². The molecule has 1 aromatic carbocycles. The maximum Gasteiger partial charge on any atom is 0.410 e. The molecule has 8 heteroatoms. The van der Waals surface area contributed by atoms with Crippen molar-refractivity contribution in [1.82, 2.24) is 15.3 Å². The molecule has 1 fully saturated rings. The molecule has 25 heavy (non-hydrogen) atoms. The van der Waals surface area contributed by atoms with Crippen molar-refractivity contribution in [2.24, 2.45) is 0 Å². The molecule has 1 saturated heterocycles. The number of ether oxygens (including phenoxy) is 1. The number of carbonyl (C=O) groups excluding carboxylic acids is 1. The molecule has 0 bridgehead atoms. The number of hydrogen-bond donors (Lipinski definition) is 2. The summed E-state index contributed by atoms with van der Waals surface area (Å²) < 4.78 is 5.35. The average molecular weight is 370 g/mol. The van der Waals surface area contributed by atoms with Gasteiger partial charge in [-0.2, -0.15) is 0 Å². The number of amides is 1. The fourth-order valence-corrected chi connectivity index (χ4v) is 2.68. The second-order valence-electron chi connectivity index (χ2n) is 6.91. The predicted octanol–water partition coefficient (Wildman–Crippen LogP) is 2.52. The Morgan fingerprint density at radius 1 is 1.24 bits per heavy atom. The molecule has 1 aliphatic heterocycles. The third-order valence-electron chi connectivity index (χ3n) is 3.67. The van der Waals surface area contributed by atoms with E-state index in [1.807, 2.05) is 20.8 Å². The Bertz CT molecular complexity index is 625.